The van der Waals surface area contributed by atoms with Crippen LogP contribution in [0.1, 0.15) is 32.3 Å². The lowest BCUT2D eigenvalue weighted by Crippen LogP contribution is -2.39. The predicted octanol–water partition coefficient (Wildman–Crippen LogP) is 2.17. The molecule has 110 valence electrons. The normalized spacial score (nSPS) is 19.4. The van der Waals surface area contributed by atoms with Crippen molar-refractivity contribution in [1.82, 2.24) is 4.90 Å². The van der Waals surface area contributed by atoms with Crippen LogP contribution in [0.25, 0.3) is 0 Å². The monoisotopic (exact) mass is 276 g/mol. The fourth-order valence-electron chi connectivity index (χ4n) is 2.57. The summed E-state index contributed by atoms with van der Waals surface area (Å²) in [4.78, 5) is 13.6. The Labute approximate surface area is 120 Å². The van der Waals surface area contributed by atoms with Crippen molar-refractivity contribution in [2.75, 3.05) is 13.2 Å². The highest BCUT2D eigenvalue weighted by Gasteiger charge is 2.28. The second-order valence-electron chi connectivity index (χ2n) is 5.88. The van der Waals surface area contributed by atoms with Crippen LogP contribution >= 0.6 is 0 Å². The van der Waals surface area contributed by atoms with Gasteiger partial charge in [-0.05, 0) is 43.0 Å². The third-order valence-electron chi connectivity index (χ3n) is 3.56. The first-order chi connectivity index (χ1) is 9.56. The van der Waals surface area contributed by atoms with E-state index in [1.807, 2.05) is 12.1 Å². The van der Waals surface area contributed by atoms with E-state index in [9.17, 15) is 4.79 Å². The summed E-state index contributed by atoms with van der Waals surface area (Å²) in [5.74, 6) is 1.19. The van der Waals surface area contributed by atoms with Gasteiger partial charge < -0.3 is 10.5 Å². The van der Waals surface area contributed by atoms with Crippen LogP contribution in [0.15, 0.2) is 24.3 Å². The number of primary amides is 1. The Kier molecular flexibility index (Phi) is 5.01. The molecule has 0 spiro atoms. The predicted molar refractivity (Wildman–Crippen MR) is 79.4 cm³/mol. The Balaban J connectivity index is 1.98. The van der Waals surface area contributed by atoms with Gasteiger partial charge in [0.1, 0.15) is 5.75 Å². The zero-order valence-electron chi connectivity index (χ0n) is 12.3. The molecule has 1 saturated heterocycles. The van der Waals surface area contributed by atoms with E-state index < -0.39 is 0 Å². The molecule has 0 unspecified atom stereocenters. The smallest absolute Gasteiger partial charge is 0.234 e. The van der Waals surface area contributed by atoms with Crippen LogP contribution in [0, 0.1) is 5.92 Å². The average Bonchev–Trinajstić information content (AvgIpc) is 2.85. The summed E-state index contributed by atoms with van der Waals surface area (Å²) in [6.45, 7) is 6.67. The van der Waals surface area contributed by atoms with Gasteiger partial charge in [-0.15, -0.1) is 0 Å². The van der Waals surface area contributed by atoms with Gasteiger partial charge in [0.05, 0.1) is 12.6 Å². The largest absolute Gasteiger partial charge is 0.493 e. The number of amides is 1. The summed E-state index contributed by atoms with van der Waals surface area (Å²) in [7, 11) is 0. The first-order valence-electron chi connectivity index (χ1n) is 7.31. The van der Waals surface area contributed by atoms with Gasteiger partial charge in [-0.1, -0.05) is 26.0 Å². The van der Waals surface area contributed by atoms with Crippen molar-refractivity contribution >= 4 is 5.91 Å². The molecule has 0 aromatic heterocycles. The molecule has 1 atom stereocenters. The number of nitrogens with two attached hydrogens (primary N) is 1. The van der Waals surface area contributed by atoms with Crippen LogP contribution in [-0.2, 0) is 11.3 Å². The van der Waals surface area contributed by atoms with Crippen LogP contribution in [-0.4, -0.2) is 30.0 Å². The molecule has 1 heterocycles. The minimum absolute atomic E-state index is 0.116. The lowest BCUT2D eigenvalue weighted by Gasteiger charge is -2.22. The van der Waals surface area contributed by atoms with Crippen LogP contribution in [0.4, 0.5) is 0 Å². The van der Waals surface area contributed by atoms with Gasteiger partial charge in [-0.25, -0.2) is 0 Å². The standard InChI is InChI=1S/C16H24N2O2/c1-12(2)11-20-14-6-3-5-13(9-14)10-18-8-4-7-15(18)16(17)19/h3,5-6,9,12,15H,4,7-8,10-11H2,1-2H3,(H2,17,19)/t15-/m0/s1. The van der Waals surface area contributed by atoms with E-state index in [4.69, 9.17) is 10.5 Å². The number of hydrogen-bond donors (Lipinski definition) is 1. The maximum atomic E-state index is 11.4. The van der Waals surface area contributed by atoms with Gasteiger partial charge in [0.15, 0.2) is 0 Å². The Morgan fingerprint density at radius 3 is 3.00 bits per heavy atom. The van der Waals surface area contributed by atoms with E-state index >= 15 is 0 Å². The number of benzene rings is 1. The molecule has 1 aliphatic rings. The SMILES string of the molecule is CC(C)COc1cccc(CN2CCC[C@H]2C(N)=O)c1. The summed E-state index contributed by atoms with van der Waals surface area (Å²) >= 11 is 0. The highest BCUT2D eigenvalue weighted by atomic mass is 16.5. The quantitative estimate of drug-likeness (QED) is 0.866. The van der Waals surface area contributed by atoms with E-state index in [0.29, 0.717) is 5.92 Å². The third-order valence-corrected chi connectivity index (χ3v) is 3.56. The number of nitrogens with zero attached hydrogens (tertiary/aromatic N) is 1. The fraction of sp³-hybridized carbons (Fsp3) is 0.562. The Morgan fingerprint density at radius 2 is 2.30 bits per heavy atom. The molecule has 0 aliphatic carbocycles. The second kappa shape index (κ2) is 6.75. The topological polar surface area (TPSA) is 55.6 Å². The number of carbonyl (C=O) groups excluding carboxylic acids is 1. The Hall–Kier alpha value is -1.55. The van der Waals surface area contributed by atoms with Crippen molar-refractivity contribution in [2.24, 2.45) is 11.7 Å². The molecular formula is C16H24N2O2. The summed E-state index contributed by atoms with van der Waals surface area (Å²) in [5.41, 5.74) is 6.61. The van der Waals surface area contributed by atoms with Gasteiger partial charge in [0, 0.05) is 6.54 Å². The number of rotatable bonds is 6. The molecule has 0 bridgehead atoms. The Morgan fingerprint density at radius 1 is 1.50 bits per heavy atom. The maximum absolute atomic E-state index is 11.4. The van der Waals surface area contributed by atoms with Crippen molar-refractivity contribution in [3.05, 3.63) is 29.8 Å². The number of likely N-dealkylation sites (tertiary alicyclic amines) is 1. The van der Waals surface area contributed by atoms with Crippen molar-refractivity contribution in [3.8, 4) is 5.75 Å². The minimum atomic E-state index is -0.213. The third kappa shape index (κ3) is 3.97. The molecule has 1 aliphatic heterocycles. The molecule has 0 radical (unpaired) electrons. The molecule has 20 heavy (non-hydrogen) atoms. The summed E-state index contributed by atoms with van der Waals surface area (Å²) < 4.78 is 5.74. The van der Waals surface area contributed by atoms with E-state index in [1.165, 1.54) is 5.56 Å². The Bertz CT molecular complexity index is 460. The molecule has 1 amide bonds. The molecule has 2 N–H and O–H groups in total. The van der Waals surface area contributed by atoms with E-state index in [0.717, 1.165) is 38.3 Å². The summed E-state index contributed by atoms with van der Waals surface area (Å²) in [6, 6.07) is 7.98. The van der Waals surface area contributed by atoms with Crippen LogP contribution in [0.2, 0.25) is 0 Å². The van der Waals surface area contributed by atoms with Gasteiger partial charge in [-0.3, -0.25) is 9.69 Å². The number of hydrogen-bond acceptors (Lipinski definition) is 3. The van der Waals surface area contributed by atoms with Crippen molar-refractivity contribution in [1.29, 1.82) is 0 Å². The first kappa shape index (κ1) is 14.9. The van der Waals surface area contributed by atoms with Crippen molar-refractivity contribution in [3.63, 3.8) is 0 Å². The number of ether oxygens (including phenoxy) is 1. The number of carbonyl (C=O) groups is 1. The summed E-state index contributed by atoms with van der Waals surface area (Å²) in [5, 5.41) is 0. The van der Waals surface area contributed by atoms with Gasteiger partial charge in [0.2, 0.25) is 5.91 Å². The first-order valence-corrected chi connectivity index (χ1v) is 7.31. The van der Waals surface area contributed by atoms with Gasteiger partial charge in [-0.2, -0.15) is 0 Å². The zero-order valence-corrected chi connectivity index (χ0v) is 12.3. The molecule has 1 aromatic carbocycles. The zero-order chi connectivity index (χ0) is 14.5. The van der Waals surface area contributed by atoms with E-state index in [-0.39, 0.29) is 11.9 Å². The van der Waals surface area contributed by atoms with Crippen LogP contribution in [0.5, 0.6) is 5.75 Å². The molecule has 1 aromatic rings. The molecule has 2 rings (SSSR count). The maximum Gasteiger partial charge on any atom is 0.234 e. The second-order valence-corrected chi connectivity index (χ2v) is 5.88. The fourth-order valence-corrected chi connectivity index (χ4v) is 2.57. The van der Waals surface area contributed by atoms with Gasteiger partial charge in [0.25, 0.3) is 0 Å². The lowest BCUT2D eigenvalue weighted by atomic mass is 10.1. The molecular weight excluding hydrogens is 252 g/mol. The molecule has 4 nitrogen and oxygen atoms in total. The summed E-state index contributed by atoms with van der Waals surface area (Å²) in [6.07, 6.45) is 1.91. The van der Waals surface area contributed by atoms with Crippen molar-refractivity contribution < 1.29 is 9.53 Å². The average molecular weight is 276 g/mol. The van der Waals surface area contributed by atoms with Crippen molar-refractivity contribution in [2.45, 2.75) is 39.3 Å². The van der Waals surface area contributed by atoms with Gasteiger partial charge >= 0.3 is 0 Å². The molecule has 1 fully saturated rings. The van der Waals surface area contributed by atoms with Crippen LogP contribution in [0.3, 0.4) is 0 Å². The van der Waals surface area contributed by atoms with E-state index in [1.54, 1.807) is 0 Å². The highest BCUT2D eigenvalue weighted by molar-refractivity contribution is 5.80. The molecule has 4 heteroatoms. The lowest BCUT2D eigenvalue weighted by molar-refractivity contribution is -0.122. The van der Waals surface area contributed by atoms with Crippen LogP contribution < -0.4 is 10.5 Å². The van der Waals surface area contributed by atoms with E-state index in [2.05, 4.69) is 30.9 Å². The molecule has 0 saturated carbocycles. The minimum Gasteiger partial charge on any atom is -0.493 e. The highest BCUT2D eigenvalue weighted by Crippen LogP contribution is 2.22.